The highest BCUT2D eigenvalue weighted by atomic mass is 35.5. The number of halogens is 1. The molecule has 1 saturated heterocycles. The van der Waals surface area contributed by atoms with Gasteiger partial charge in [0.25, 0.3) is 5.91 Å². The largest absolute Gasteiger partial charge is 0.338 e. The maximum absolute atomic E-state index is 12.9. The van der Waals surface area contributed by atoms with Crippen molar-refractivity contribution < 1.29 is 4.79 Å². The summed E-state index contributed by atoms with van der Waals surface area (Å²) >= 11 is 5.90. The van der Waals surface area contributed by atoms with Crippen LogP contribution in [0.5, 0.6) is 0 Å². The Morgan fingerprint density at radius 1 is 1.30 bits per heavy atom. The Hall–Kier alpha value is -2.47. The molecule has 27 heavy (non-hydrogen) atoms. The van der Waals surface area contributed by atoms with Crippen molar-refractivity contribution >= 4 is 28.5 Å². The molecule has 0 radical (unpaired) electrons. The fraction of sp³-hybridized carbons (Fsp3) is 0.400. The first kappa shape index (κ1) is 17.9. The van der Waals surface area contributed by atoms with E-state index in [1.807, 2.05) is 23.1 Å². The van der Waals surface area contributed by atoms with Gasteiger partial charge in [-0.3, -0.25) is 4.79 Å². The molecule has 1 fully saturated rings. The summed E-state index contributed by atoms with van der Waals surface area (Å²) in [6.07, 6.45) is 3.44. The van der Waals surface area contributed by atoms with Crippen LogP contribution in [0.25, 0.3) is 11.0 Å². The molecule has 140 valence electrons. The highest BCUT2D eigenvalue weighted by Gasteiger charge is 2.29. The van der Waals surface area contributed by atoms with Crippen LogP contribution in [0.1, 0.15) is 54.8 Å². The standard InChI is InChI=1S/C20H22ClN5O/c1-13(2)26-17-8-4-3-7-16(17)23-19(26)14-6-5-9-25(12-14)20(27)15-10-18(21)24-22-11-15/h3-4,7-8,10-11,13-14H,5-6,9,12H2,1-2H3. The lowest BCUT2D eigenvalue weighted by Gasteiger charge is -2.33. The molecule has 3 heterocycles. The number of para-hydroxylation sites is 2. The van der Waals surface area contributed by atoms with Crippen LogP contribution >= 0.6 is 11.6 Å². The van der Waals surface area contributed by atoms with Gasteiger partial charge in [-0.2, -0.15) is 5.10 Å². The first-order valence-corrected chi connectivity index (χ1v) is 9.66. The normalized spacial score (nSPS) is 17.6. The van der Waals surface area contributed by atoms with Gasteiger partial charge >= 0.3 is 0 Å². The van der Waals surface area contributed by atoms with Crippen LogP contribution in [0.4, 0.5) is 0 Å². The molecule has 1 amide bonds. The van der Waals surface area contributed by atoms with Crippen molar-refractivity contribution in [1.82, 2.24) is 24.6 Å². The summed E-state index contributed by atoms with van der Waals surface area (Å²) in [4.78, 5) is 19.7. The molecule has 1 aliphatic heterocycles. The third-order valence-electron chi connectivity index (χ3n) is 5.08. The Morgan fingerprint density at radius 2 is 2.11 bits per heavy atom. The van der Waals surface area contributed by atoms with E-state index >= 15 is 0 Å². The molecule has 1 unspecified atom stereocenters. The van der Waals surface area contributed by atoms with E-state index in [4.69, 9.17) is 16.6 Å². The summed E-state index contributed by atoms with van der Waals surface area (Å²) in [5.74, 6) is 1.22. The number of amides is 1. The van der Waals surface area contributed by atoms with Gasteiger partial charge in [0.15, 0.2) is 5.15 Å². The van der Waals surface area contributed by atoms with Gasteiger partial charge in [0, 0.05) is 25.0 Å². The van der Waals surface area contributed by atoms with Gasteiger partial charge in [0.05, 0.1) is 22.8 Å². The monoisotopic (exact) mass is 383 g/mol. The molecule has 0 bridgehead atoms. The van der Waals surface area contributed by atoms with E-state index in [1.54, 1.807) is 6.07 Å². The van der Waals surface area contributed by atoms with Crippen molar-refractivity contribution in [3.05, 3.63) is 53.1 Å². The summed E-state index contributed by atoms with van der Waals surface area (Å²) in [6.45, 7) is 5.73. The Kier molecular flexibility index (Phi) is 4.83. The van der Waals surface area contributed by atoms with Crippen molar-refractivity contribution in [1.29, 1.82) is 0 Å². The molecule has 3 aromatic rings. The van der Waals surface area contributed by atoms with Gasteiger partial charge in [-0.15, -0.1) is 5.10 Å². The van der Waals surface area contributed by atoms with Crippen molar-refractivity contribution in [2.24, 2.45) is 0 Å². The summed E-state index contributed by atoms with van der Waals surface area (Å²) in [5, 5.41) is 7.75. The number of carbonyl (C=O) groups is 1. The van der Waals surface area contributed by atoms with E-state index in [0.29, 0.717) is 18.2 Å². The van der Waals surface area contributed by atoms with E-state index in [2.05, 4.69) is 34.7 Å². The van der Waals surface area contributed by atoms with E-state index in [0.717, 1.165) is 36.2 Å². The van der Waals surface area contributed by atoms with Crippen LogP contribution in [0, 0.1) is 0 Å². The molecule has 0 N–H and O–H groups in total. The lowest BCUT2D eigenvalue weighted by molar-refractivity contribution is 0.0702. The number of benzene rings is 1. The minimum absolute atomic E-state index is 0.0521. The number of piperidine rings is 1. The van der Waals surface area contributed by atoms with Gasteiger partial charge in [-0.05, 0) is 44.9 Å². The van der Waals surface area contributed by atoms with E-state index in [-0.39, 0.29) is 17.0 Å². The quantitative estimate of drug-likeness (QED) is 0.683. The lowest BCUT2D eigenvalue weighted by atomic mass is 9.96. The zero-order chi connectivity index (χ0) is 19.0. The number of hydrogen-bond donors (Lipinski definition) is 0. The number of likely N-dealkylation sites (tertiary alicyclic amines) is 1. The topological polar surface area (TPSA) is 63.9 Å². The summed E-state index contributed by atoms with van der Waals surface area (Å²) in [5.41, 5.74) is 2.64. The summed E-state index contributed by atoms with van der Waals surface area (Å²) in [6, 6.07) is 10.1. The number of hydrogen-bond acceptors (Lipinski definition) is 4. The maximum Gasteiger partial charge on any atom is 0.255 e. The lowest BCUT2D eigenvalue weighted by Crippen LogP contribution is -2.40. The number of carbonyl (C=O) groups excluding carboxylic acids is 1. The molecule has 7 heteroatoms. The van der Waals surface area contributed by atoms with Gasteiger partial charge < -0.3 is 9.47 Å². The predicted octanol–water partition coefficient (Wildman–Crippen LogP) is 4.08. The Morgan fingerprint density at radius 3 is 2.89 bits per heavy atom. The van der Waals surface area contributed by atoms with Crippen LogP contribution in [0.15, 0.2) is 36.5 Å². The van der Waals surface area contributed by atoms with Crippen LogP contribution in [-0.4, -0.2) is 43.6 Å². The third kappa shape index (κ3) is 3.41. The molecule has 1 aliphatic rings. The van der Waals surface area contributed by atoms with Crippen molar-refractivity contribution in [2.45, 2.75) is 38.6 Å². The van der Waals surface area contributed by atoms with Gasteiger partial charge in [-0.25, -0.2) is 4.98 Å². The van der Waals surface area contributed by atoms with E-state index in [9.17, 15) is 4.79 Å². The number of aromatic nitrogens is 4. The first-order chi connectivity index (χ1) is 13.0. The Bertz CT molecular complexity index is 983. The molecule has 2 aromatic heterocycles. The molecular weight excluding hydrogens is 362 g/mol. The molecule has 0 saturated carbocycles. The second kappa shape index (κ2) is 7.27. The predicted molar refractivity (Wildman–Crippen MR) is 105 cm³/mol. The zero-order valence-electron chi connectivity index (χ0n) is 15.5. The second-order valence-corrected chi connectivity index (χ2v) is 7.67. The Labute approximate surface area is 163 Å². The zero-order valence-corrected chi connectivity index (χ0v) is 16.2. The smallest absolute Gasteiger partial charge is 0.255 e. The van der Waals surface area contributed by atoms with Crippen LogP contribution in [0.2, 0.25) is 5.15 Å². The number of imidazole rings is 1. The number of fused-ring (bicyclic) bond motifs is 1. The maximum atomic E-state index is 12.9. The van der Waals surface area contributed by atoms with E-state index < -0.39 is 0 Å². The van der Waals surface area contributed by atoms with E-state index in [1.165, 1.54) is 6.20 Å². The van der Waals surface area contributed by atoms with Crippen LogP contribution in [0.3, 0.4) is 0 Å². The van der Waals surface area contributed by atoms with Crippen molar-refractivity contribution in [3.63, 3.8) is 0 Å². The third-order valence-corrected chi connectivity index (χ3v) is 5.27. The summed E-state index contributed by atoms with van der Waals surface area (Å²) in [7, 11) is 0. The minimum atomic E-state index is -0.0521. The first-order valence-electron chi connectivity index (χ1n) is 9.29. The van der Waals surface area contributed by atoms with Gasteiger partial charge in [0.1, 0.15) is 5.82 Å². The molecule has 4 rings (SSSR count). The Balaban J connectivity index is 1.65. The average molecular weight is 384 g/mol. The number of rotatable bonds is 3. The molecular formula is C20H22ClN5O. The molecule has 0 aliphatic carbocycles. The van der Waals surface area contributed by atoms with Crippen LogP contribution in [-0.2, 0) is 0 Å². The fourth-order valence-electron chi connectivity index (χ4n) is 3.91. The SMILES string of the molecule is CC(C)n1c(C2CCCN(C(=O)c3cnnc(Cl)c3)C2)nc2ccccc21. The fourth-order valence-corrected chi connectivity index (χ4v) is 4.07. The molecule has 0 spiro atoms. The molecule has 6 nitrogen and oxygen atoms in total. The van der Waals surface area contributed by atoms with Crippen molar-refractivity contribution in [3.8, 4) is 0 Å². The van der Waals surface area contributed by atoms with Gasteiger partial charge in [0.2, 0.25) is 0 Å². The minimum Gasteiger partial charge on any atom is -0.338 e. The van der Waals surface area contributed by atoms with Gasteiger partial charge in [-0.1, -0.05) is 23.7 Å². The average Bonchev–Trinajstić information content (AvgIpc) is 3.07. The van der Waals surface area contributed by atoms with Crippen molar-refractivity contribution in [2.75, 3.05) is 13.1 Å². The highest BCUT2D eigenvalue weighted by molar-refractivity contribution is 6.29. The number of nitrogens with zero attached hydrogens (tertiary/aromatic N) is 5. The van der Waals surface area contributed by atoms with Crippen LogP contribution < -0.4 is 0 Å². The second-order valence-electron chi connectivity index (χ2n) is 7.28. The summed E-state index contributed by atoms with van der Waals surface area (Å²) < 4.78 is 2.30. The molecule has 1 aromatic carbocycles. The highest BCUT2D eigenvalue weighted by Crippen LogP contribution is 2.32. The molecule has 1 atom stereocenters.